The highest BCUT2D eigenvalue weighted by Gasteiger charge is 2.48. The molecule has 29 heavy (non-hydrogen) atoms. The van der Waals surface area contributed by atoms with Gasteiger partial charge in [-0.2, -0.15) is 13.2 Å². The van der Waals surface area contributed by atoms with Gasteiger partial charge >= 0.3 is 6.18 Å². The normalized spacial score (nSPS) is 23.3. The van der Waals surface area contributed by atoms with E-state index in [0.717, 1.165) is 17.4 Å². The molecule has 4 rings (SSSR count). The maximum Gasteiger partial charge on any atom is 0.433 e. The number of para-hydroxylation sites is 1. The van der Waals surface area contributed by atoms with Gasteiger partial charge in [-0.05, 0) is 25.1 Å². The van der Waals surface area contributed by atoms with E-state index in [-0.39, 0.29) is 35.0 Å². The molecule has 8 heteroatoms. The second kappa shape index (κ2) is 7.33. The molecular formula is C21H21F3N2O3. The van der Waals surface area contributed by atoms with Crippen molar-refractivity contribution in [3.63, 3.8) is 0 Å². The van der Waals surface area contributed by atoms with Gasteiger partial charge in [-0.3, -0.25) is 4.79 Å². The number of nitrogens with zero attached hydrogens (tertiary/aromatic N) is 2. The molecule has 154 valence electrons. The van der Waals surface area contributed by atoms with Crippen molar-refractivity contribution in [1.29, 1.82) is 0 Å². The number of methoxy groups -OCH3 is 1. The van der Waals surface area contributed by atoms with Gasteiger partial charge in [0.25, 0.3) is 5.91 Å². The van der Waals surface area contributed by atoms with Gasteiger partial charge in [0, 0.05) is 31.1 Å². The lowest BCUT2D eigenvalue weighted by Gasteiger charge is -2.34. The molecule has 0 spiro atoms. The first kappa shape index (κ1) is 19.7. The van der Waals surface area contributed by atoms with Crippen LogP contribution in [0.2, 0.25) is 0 Å². The second-order valence-corrected chi connectivity index (χ2v) is 7.46. The molecule has 1 aromatic carbocycles. The monoisotopic (exact) mass is 406 g/mol. The number of aromatic nitrogens is 1. The van der Waals surface area contributed by atoms with E-state index >= 15 is 0 Å². The number of ether oxygens (including phenoxy) is 2. The molecule has 0 saturated carbocycles. The fourth-order valence-corrected chi connectivity index (χ4v) is 4.36. The number of hydrogen-bond acceptors (Lipinski definition) is 4. The lowest BCUT2D eigenvalue weighted by molar-refractivity contribution is -0.141. The molecule has 5 nitrogen and oxygen atoms in total. The van der Waals surface area contributed by atoms with Crippen molar-refractivity contribution in [3.05, 3.63) is 58.9 Å². The number of rotatable bonds is 3. The van der Waals surface area contributed by atoms with Crippen molar-refractivity contribution in [2.45, 2.75) is 19.1 Å². The molecule has 3 heterocycles. The fourth-order valence-electron chi connectivity index (χ4n) is 4.36. The zero-order chi connectivity index (χ0) is 20.8. The van der Waals surface area contributed by atoms with Gasteiger partial charge in [-0.15, -0.1) is 0 Å². The van der Waals surface area contributed by atoms with Crippen LogP contribution in [0.5, 0.6) is 5.75 Å². The summed E-state index contributed by atoms with van der Waals surface area (Å²) in [6.45, 7) is 2.81. The summed E-state index contributed by atoms with van der Waals surface area (Å²) in [5.41, 5.74) is 0.156. The lowest BCUT2D eigenvalue weighted by Crippen LogP contribution is -2.36. The van der Waals surface area contributed by atoms with Crippen molar-refractivity contribution in [1.82, 2.24) is 9.88 Å². The van der Waals surface area contributed by atoms with Gasteiger partial charge in [-0.1, -0.05) is 18.2 Å². The molecule has 2 aliphatic rings. The first-order valence-electron chi connectivity index (χ1n) is 9.37. The zero-order valence-electron chi connectivity index (χ0n) is 16.1. The molecule has 0 unspecified atom stereocenters. The van der Waals surface area contributed by atoms with Crippen LogP contribution in [0.4, 0.5) is 13.2 Å². The number of carbonyl (C=O) groups is 1. The number of amides is 1. The number of likely N-dealkylation sites (tertiary alicyclic amines) is 1. The average molecular weight is 406 g/mol. The Morgan fingerprint density at radius 1 is 1.28 bits per heavy atom. The van der Waals surface area contributed by atoms with Gasteiger partial charge in [0.05, 0.1) is 30.5 Å². The highest BCUT2D eigenvalue weighted by atomic mass is 19.4. The molecule has 1 amide bonds. The summed E-state index contributed by atoms with van der Waals surface area (Å²) in [4.78, 5) is 18.7. The molecule has 2 aliphatic heterocycles. The van der Waals surface area contributed by atoms with E-state index in [4.69, 9.17) is 9.47 Å². The minimum atomic E-state index is -4.55. The van der Waals surface area contributed by atoms with Crippen LogP contribution in [0.15, 0.2) is 36.4 Å². The Bertz CT molecular complexity index is 932. The minimum absolute atomic E-state index is 0.0523. The Morgan fingerprint density at radius 3 is 2.72 bits per heavy atom. The van der Waals surface area contributed by atoms with Crippen LogP contribution in [0.25, 0.3) is 0 Å². The van der Waals surface area contributed by atoms with Gasteiger partial charge in [0.1, 0.15) is 11.4 Å². The van der Waals surface area contributed by atoms with Crippen LogP contribution < -0.4 is 4.74 Å². The van der Waals surface area contributed by atoms with Gasteiger partial charge < -0.3 is 14.4 Å². The zero-order valence-corrected chi connectivity index (χ0v) is 16.1. The third-order valence-electron chi connectivity index (χ3n) is 5.70. The molecule has 2 aromatic rings. The van der Waals surface area contributed by atoms with Crippen LogP contribution in [-0.2, 0) is 10.9 Å². The summed E-state index contributed by atoms with van der Waals surface area (Å²) in [5.74, 6) is 0.530. The minimum Gasteiger partial charge on any atom is -0.493 e. The van der Waals surface area contributed by atoms with E-state index in [1.807, 2.05) is 24.3 Å². The molecule has 0 bridgehead atoms. The summed E-state index contributed by atoms with van der Waals surface area (Å²) in [6.07, 6.45) is -4.55. The van der Waals surface area contributed by atoms with Crippen molar-refractivity contribution in [2.24, 2.45) is 11.8 Å². The van der Waals surface area contributed by atoms with Gasteiger partial charge in [0.2, 0.25) is 0 Å². The predicted molar refractivity (Wildman–Crippen MR) is 98.5 cm³/mol. The molecule has 1 fully saturated rings. The number of halogens is 3. The smallest absolute Gasteiger partial charge is 0.433 e. The number of benzene rings is 1. The maximum absolute atomic E-state index is 13.4. The Hall–Kier alpha value is -2.61. The quantitative estimate of drug-likeness (QED) is 0.777. The Kier molecular flexibility index (Phi) is 4.98. The lowest BCUT2D eigenvalue weighted by atomic mass is 9.85. The van der Waals surface area contributed by atoms with Crippen LogP contribution >= 0.6 is 0 Å². The van der Waals surface area contributed by atoms with Gasteiger partial charge in [-0.25, -0.2) is 4.98 Å². The predicted octanol–water partition coefficient (Wildman–Crippen LogP) is 3.88. The van der Waals surface area contributed by atoms with E-state index < -0.39 is 11.9 Å². The average Bonchev–Trinajstić information content (AvgIpc) is 3.06. The highest BCUT2D eigenvalue weighted by molar-refractivity contribution is 5.95. The van der Waals surface area contributed by atoms with Crippen molar-refractivity contribution < 1.29 is 27.4 Å². The highest BCUT2D eigenvalue weighted by Crippen LogP contribution is 2.48. The van der Waals surface area contributed by atoms with Crippen molar-refractivity contribution in [3.8, 4) is 5.75 Å². The summed E-state index contributed by atoms with van der Waals surface area (Å²) >= 11 is 0. The SMILES string of the molecule is COC[C@@H]1CN(C(=O)c2ccc(C(F)(F)F)nc2C)[C@H]2c3ccccc3OC[C@@H]12. The summed E-state index contributed by atoms with van der Waals surface area (Å²) in [5, 5.41) is 0. The summed E-state index contributed by atoms with van der Waals surface area (Å²) in [6, 6.07) is 9.42. The standard InChI is InChI=1S/C21H21F3N2O3/c1-12-14(7-8-18(25-12)21(22,23)24)20(27)26-9-13(10-28-2)16-11-29-17-6-4-3-5-15(17)19(16)26/h3-8,13,16,19H,9-11H2,1-2H3/t13-,16-,19-/m0/s1. The molecule has 0 radical (unpaired) electrons. The summed E-state index contributed by atoms with van der Waals surface area (Å²) in [7, 11) is 1.61. The number of pyridine rings is 1. The Labute approximate surface area is 166 Å². The molecule has 0 N–H and O–H groups in total. The van der Waals surface area contributed by atoms with Crippen LogP contribution in [-0.4, -0.2) is 42.7 Å². The molecular weight excluding hydrogens is 385 g/mol. The van der Waals surface area contributed by atoms with Crippen LogP contribution in [0, 0.1) is 18.8 Å². The molecule has 1 aromatic heterocycles. The topological polar surface area (TPSA) is 51.7 Å². The Morgan fingerprint density at radius 2 is 2.03 bits per heavy atom. The number of aryl methyl sites for hydroxylation is 1. The maximum atomic E-state index is 13.4. The van der Waals surface area contributed by atoms with E-state index in [1.54, 1.807) is 12.0 Å². The van der Waals surface area contributed by atoms with E-state index in [2.05, 4.69) is 4.98 Å². The summed E-state index contributed by atoms with van der Waals surface area (Å²) < 4.78 is 50.1. The third kappa shape index (κ3) is 3.46. The second-order valence-electron chi connectivity index (χ2n) is 7.46. The third-order valence-corrected chi connectivity index (χ3v) is 5.70. The van der Waals surface area contributed by atoms with Crippen LogP contribution in [0.1, 0.15) is 33.4 Å². The first-order chi connectivity index (χ1) is 13.8. The van der Waals surface area contributed by atoms with Gasteiger partial charge in [0.15, 0.2) is 0 Å². The number of alkyl halides is 3. The molecule has 1 saturated heterocycles. The molecule has 3 atom stereocenters. The van der Waals surface area contributed by atoms with E-state index in [1.165, 1.54) is 13.0 Å². The number of hydrogen-bond donors (Lipinski definition) is 0. The first-order valence-corrected chi connectivity index (χ1v) is 9.37. The largest absolute Gasteiger partial charge is 0.493 e. The van der Waals surface area contributed by atoms with Crippen molar-refractivity contribution in [2.75, 3.05) is 26.9 Å². The fraction of sp³-hybridized carbons (Fsp3) is 0.429. The van der Waals surface area contributed by atoms with Crippen LogP contribution in [0.3, 0.4) is 0 Å². The van der Waals surface area contributed by atoms with E-state index in [0.29, 0.717) is 19.8 Å². The Balaban J connectivity index is 1.71. The van der Waals surface area contributed by atoms with E-state index in [9.17, 15) is 18.0 Å². The number of fused-ring (bicyclic) bond motifs is 3. The number of carbonyl (C=O) groups excluding carboxylic acids is 1. The molecule has 0 aliphatic carbocycles. The van der Waals surface area contributed by atoms with Crippen molar-refractivity contribution >= 4 is 5.91 Å².